The molecule has 0 atom stereocenters. The van der Waals surface area contributed by atoms with E-state index in [4.69, 9.17) is 18.0 Å². The van der Waals surface area contributed by atoms with E-state index in [-0.39, 0.29) is 5.91 Å². The number of thiocarbonyl (C=S) groups is 1. The number of nitrogens with two attached hydrogens (primary N) is 1. The average molecular weight is 294 g/mol. The van der Waals surface area contributed by atoms with Crippen LogP contribution in [0.2, 0.25) is 0 Å². The van der Waals surface area contributed by atoms with Crippen LogP contribution in [0.4, 0.5) is 0 Å². The predicted octanol–water partition coefficient (Wildman–Crippen LogP) is 1.15. The zero-order chi connectivity index (χ0) is 15.0. The Hall–Kier alpha value is -1.53. The lowest BCUT2D eigenvalue weighted by Gasteiger charge is -2.23. The van der Waals surface area contributed by atoms with Crippen LogP contribution in [0.15, 0.2) is 24.5 Å². The van der Waals surface area contributed by atoms with Crippen molar-refractivity contribution in [2.24, 2.45) is 5.73 Å². The number of hydrogen-bond acceptors (Lipinski definition) is 4. The molecule has 2 N–H and O–H groups in total. The van der Waals surface area contributed by atoms with E-state index in [1.54, 1.807) is 29.4 Å². The summed E-state index contributed by atoms with van der Waals surface area (Å²) in [7, 11) is 4.04. The lowest BCUT2D eigenvalue weighted by molar-refractivity contribution is 0.0755. The minimum Gasteiger partial charge on any atom is -0.393 e. The van der Waals surface area contributed by atoms with Gasteiger partial charge in [0.05, 0.1) is 4.99 Å². The van der Waals surface area contributed by atoms with E-state index in [1.807, 2.05) is 14.1 Å². The molecule has 1 heterocycles. The van der Waals surface area contributed by atoms with Crippen LogP contribution in [0, 0.1) is 0 Å². The minimum absolute atomic E-state index is 0.00223. The molecule has 1 aromatic heterocycles. The molecule has 1 amide bonds. The highest BCUT2D eigenvalue weighted by Gasteiger charge is 2.15. The molecule has 20 heavy (non-hydrogen) atoms. The third-order valence-electron chi connectivity index (χ3n) is 2.88. The number of amides is 1. The Bertz CT molecular complexity index is 436. The van der Waals surface area contributed by atoms with Gasteiger partial charge in [-0.1, -0.05) is 12.2 Å². The highest BCUT2D eigenvalue weighted by atomic mass is 32.1. The molecule has 0 aliphatic rings. The molecule has 0 aromatic carbocycles. The summed E-state index contributed by atoms with van der Waals surface area (Å²) in [5.41, 5.74) is 6.18. The van der Waals surface area contributed by atoms with E-state index in [0.717, 1.165) is 13.0 Å². The van der Waals surface area contributed by atoms with Crippen LogP contribution in [0.1, 0.15) is 23.2 Å². The molecule has 6 heteroatoms. The Balaban J connectivity index is 2.65. The summed E-state index contributed by atoms with van der Waals surface area (Å²) < 4.78 is 0. The molecular weight excluding hydrogens is 272 g/mol. The van der Waals surface area contributed by atoms with Gasteiger partial charge in [0.15, 0.2) is 0 Å². The third kappa shape index (κ3) is 6.08. The van der Waals surface area contributed by atoms with Crippen LogP contribution < -0.4 is 5.73 Å². The SMILES string of the molecule is CN(C)CCCN(CCC(N)=S)C(=O)c1ccncc1. The summed E-state index contributed by atoms with van der Waals surface area (Å²) >= 11 is 4.89. The molecule has 0 unspecified atom stereocenters. The van der Waals surface area contributed by atoms with Crippen molar-refractivity contribution in [1.29, 1.82) is 0 Å². The van der Waals surface area contributed by atoms with Crippen LogP contribution >= 0.6 is 12.2 Å². The van der Waals surface area contributed by atoms with E-state index >= 15 is 0 Å². The van der Waals surface area contributed by atoms with Crippen LogP contribution in [-0.4, -0.2) is 59.4 Å². The lowest BCUT2D eigenvalue weighted by Crippen LogP contribution is -2.35. The van der Waals surface area contributed by atoms with Crippen molar-refractivity contribution in [2.45, 2.75) is 12.8 Å². The van der Waals surface area contributed by atoms with Gasteiger partial charge in [-0.05, 0) is 39.2 Å². The molecule has 1 rings (SSSR count). The number of carbonyl (C=O) groups is 1. The first-order valence-electron chi connectivity index (χ1n) is 6.63. The maximum absolute atomic E-state index is 12.4. The quantitative estimate of drug-likeness (QED) is 0.729. The smallest absolute Gasteiger partial charge is 0.253 e. The number of nitrogens with zero attached hydrogens (tertiary/aromatic N) is 3. The molecular formula is C14H22N4OS. The Morgan fingerprint density at radius 3 is 2.45 bits per heavy atom. The maximum atomic E-state index is 12.4. The van der Waals surface area contributed by atoms with Gasteiger partial charge in [0, 0.05) is 37.5 Å². The summed E-state index contributed by atoms with van der Waals surface area (Å²) in [6.45, 7) is 2.19. The fourth-order valence-electron chi connectivity index (χ4n) is 1.81. The van der Waals surface area contributed by atoms with Crippen LogP contribution in [0.5, 0.6) is 0 Å². The first kappa shape index (κ1) is 16.5. The number of aromatic nitrogens is 1. The lowest BCUT2D eigenvalue weighted by atomic mass is 10.2. The van der Waals surface area contributed by atoms with Gasteiger partial charge in [-0.15, -0.1) is 0 Å². The number of pyridine rings is 1. The van der Waals surface area contributed by atoms with E-state index in [2.05, 4.69) is 9.88 Å². The third-order valence-corrected chi connectivity index (χ3v) is 3.08. The van der Waals surface area contributed by atoms with E-state index in [0.29, 0.717) is 30.1 Å². The monoisotopic (exact) mass is 294 g/mol. The molecule has 1 aromatic rings. The Kier molecular flexibility index (Phi) is 7.11. The first-order chi connectivity index (χ1) is 9.50. The number of rotatable bonds is 8. The van der Waals surface area contributed by atoms with Gasteiger partial charge in [-0.2, -0.15) is 0 Å². The Morgan fingerprint density at radius 2 is 1.90 bits per heavy atom. The van der Waals surface area contributed by atoms with Gasteiger partial charge >= 0.3 is 0 Å². The second kappa shape index (κ2) is 8.60. The summed E-state index contributed by atoms with van der Waals surface area (Å²) in [6.07, 6.45) is 4.72. The number of carbonyl (C=O) groups excluding carboxylic acids is 1. The molecule has 0 saturated carbocycles. The standard InChI is InChI=1S/C14H22N4OS/c1-17(2)9-3-10-18(11-6-13(15)20)14(19)12-4-7-16-8-5-12/h4-5,7-8H,3,6,9-11H2,1-2H3,(H2,15,20). The van der Waals surface area contributed by atoms with Crippen molar-refractivity contribution in [2.75, 3.05) is 33.7 Å². The molecule has 0 spiro atoms. The largest absolute Gasteiger partial charge is 0.393 e. The molecule has 0 saturated heterocycles. The molecule has 0 radical (unpaired) electrons. The topological polar surface area (TPSA) is 62.5 Å². The fourth-order valence-corrected chi connectivity index (χ4v) is 1.91. The second-order valence-electron chi connectivity index (χ2n) is 4.90. The van der Waals surface area contributed by atoms with Crippen molar-refractivity contribution in [1.82, 2.24) is 14.8 Å². The van der Waals surface area contributed by atoms with Crippen molar-refractivity contribution in [3.8, 4) is 0 Å². The van der Waals surface area contributed by atoms with E-state index in [1.165, 1.54) is 0 Å². The van der Waals surface area contributed by atoms with Crippen LogP contribution in [0.3, 0.4) is 0 Å². The van der Waals surface area contributed by atoms with Gasteiger partial charge in [0.25, 0.3) is 5.91 Å². The van der Waals surface area contributed by atoms with Gasteiger partial charge in [-0.25, -0.2) is 0 Å². The highest BCUT2D eigenvalue weighted by molar-refractivity contribution is 7.80. The van der Waals surface area contributed by atoms with E-state index in [9.17, 15) is 4.79 Å². The predicted molar refractivity (Wildman–Crippen MR) is 84.7 cm³/mol. The maximum Gasteiger partial charge on any atom is 0.253 e. The molecule has 0 bridgehead atoms. The summed E-state index contributed by atoms with van der Waals surface area (Å²) in [5, 5.41) is 0. The zero-order valence-corrected chi connectivity index (χ0v) is 12.9. The van der Waals surface area contributed by atoms with Crippen LogP contribution in [0.25, 0.3) is 0 Å². The summed E-state index contributed by atoms with van der Waals surface area (Å²) in [6, 6.07) is 3.45. The molecule has 110 valence electrons. The highest BCUT2D eigenvalue weighted by Crippen LogP contribution is 2.06. The zero-order valence-electron chi connectivity index (χ0n) is 12.1. The van der Waals surface area contributed by atoms with Crippen molar-refractivity contribution in [3.05, 3.63) is 30.1 Å². The molecule has 5 nitrogen and oxygen atoms in total. The van der Waals surface area contributed by atoms with Gasteiger partial charge < -0.3 is 15.5 Å². The second-order valence-corrected chi connectivity index (χ2v) is 5.43. The Labute approximate surface area is 125 Å². The number of hydrogen-bond donors (Lipinski definition) is 1. The van der Waals surface area contributed by atoms with Crippen molar-refractivity contribution >= 4 is 23.1 Å². The normalized spacial score (nSPS) is 10.6. The van der Waals surface area contributed by atoms with Crippen molar-refractivity contribution in [3.63, 3.8) is 0 Å². The first-order valence-corrected chi connectivity index (χ1v) is 7.04. The molecule has 0 fully saturated rings. The minimum atomic E-state index is 0.00223. The summed E-state index contributed by atoms with van der Waals surface area (Å²) in [4.78, 5) is 20.7. The van der Waals surface area contributed by atoms with Gasteiger partial charge in [-0.3, -0.25) is 9.78 Å². The molecule has 0 aliphatic heterocycles. The van der Waals surface area contributed by atoms with Gasteiger partial charge in [0.2, 0.25) is 0 Å². The summed E-state index contributed by atoms with van der Waals surface area (Å²) in [5.74, 6) is 0.00223. The fraction of sp³-hybridized carbons (Fsp3) is 0.500. The van der Waals surface area contributed by atoms with Crippen molar-refractivity contribution < 1.29 is 4.79 Å². The van der Waals surface area contributed by atoms with E-state index < -0.39 is 0 Å². The average Bonchev–Trinajstić information content (AvgIpc) is 2.42. The Morgan fingerprint density at radius 1 is 1.25 bits per heavy atom. The van der Waals surface area contributed by atoms with Crippen LogP contribution in [-0.2, 0) is 0 Å². The van der Waals surface area contributed by atoms with Gasteiger partial charge in [0.1, 0.15) is 0 Å². The molecule has 0 aliphatic carbocycles.